The number of hydrogen-bond acceptors (Lipinski definition) is 6. The molecule has 0 saturated heterocycles. The number of benzene rings is 2. The third-order valence-corrected chi connectivity index (χ3v) is 4.43. The van der Waals surface area contributed by atoms with Gasteiger partial charge in [0.2, 0.25) is 0 Å². The zero-order valence-corrected chi connectivity index (χ0v) is 17.7. The maximum Gasteiger partial charge on any atom is 0.128 e. The molecule has 0 atom stereocenters. The summed E-state index contributed by atoms with van der Waals surface area (Å²) in [6, 6.07) is 16.1. The standard InChI is InChI=1S/C21H24N4O2.2ClH/c1(14-26-18-6-2-16(3-7-18)20-22-10-11-23-20)15-27-19-8-4-17(5-9-19)21-24-12-13-25-21;;/h2-9H,1,10-15H2,(H,22,23)(H,24,25);2*1H. The van der Waals surface area contributed by atoms with Gasteiger partial charge in [-0.05, 0) is 48.5 Å². The van der Waals surface area contributed by atoms with Crippen LogP contribution in [0.3, 0.4) is 0 Å². The molecule has 6 nitrogen and oxygen atoms in total. The summed E-state index contributed by atoms with van der Waals surface area (Å²) in [5, 5.41) is 6.54. The lowest BCUT2D eigenvalue weighted by molar-refractivity contribution is 0.247. The van der Waals surface area contributed by atoms with Gasteiger partial charge in [0, 0.05) is 30.6 Å². The molecule has 0 aromatic heterocycles. The Kier molecular flexibility index (Phi) is 9.09. The Balaban J connectivity index is 0.00000150. The zero-order chi connectivity index (χ0) is 18.3. The molecule has 2 aliphatic heterocycles. The smallest absolute Gasteiger partial charge is 0.128 e. The van der Waals surface area contributed by atoms with E-state index in [1.807, 2.05) is 48.5 Å². The Morgan fingerprint density at radius 3 is 1.41 bits per heavy atom. The lowest BCUT2D eigenvalue weighted by atomic mass is 10.2. The van der Waals surface area contributed by atoms with Crippen LogP contribution in [0.25, 0.3) is 0 Å². The highest BCUT2D eigenvalue weighted by Crippen LogP contribution is 2.15. The molecular formula is C21H26Cl2N4O2. The first kappa shape index (κ1) is 22.8. The van der Waals surface area contributed by atoms with E-state index in [-0.39, 0.29) is 24.8 Å². The maximum absolute atomic E-state index is 5.78. The minimum absolute atomic E-state index is 0. The van der Waals surface area contributed by atoms with Crippen LogP contribution in [-0.4, -0.2) is 51.1 Å². The number of ether oxygens (including phenoxy) is 2. The highest BCUT2D eigenvalue weighted by molar-refractivity contribution is 6.00. The molecule has 0 aliphatic carbocycles. The lowest BCUT2D eigenvalue weighted by Gasteiger charge is -2.09. The minimum atomic E-state index is 0. The van der Waals surface area contributed by atoms with Crippen molar-refractivity contribution in [3.63, 3.8) is 0 Å². The van der Waals surface area contributed by atoms with Gasteiger partial charge in [-0.2, -0.15) is 0 Å². The molecule has 29 heavy (non-hydrogen) atoms. The van der Waals surface area contributed by atoms with Crippen LogP contribution in [-0.2, 0) is 0 Å². The molecule has 4 rings (SSSR count). The summed E-state index contributed by atoms with van der Waals surface area (Å²) in [6.07, 6.45) is 0.825. The molecule has 0 fully saturated rings. The first-order valence-corrected chi connectivity index (χ1v) is 9.42. The van der Waals surface area contributed by atoms with Crippen LogP contribution in [0.1, 0.15) is 17.5 Å². The van der Waals surface area contributed by atoms with Gasteiger partial charge in [-0.1, -0.05) is 0 Å². The largest absolute Gasteiger partial charge is 0.493 e. The molecule has 0 radical (unpaired) electrons. The van der Waals surface area contributed by atoms with Crippen LogP contribution in [0.15, 0.2) is 58.5 Å². The molecular weight excluding hydrogens is 411 g/mol. The molecule has 0 saturated carbocycles. The summed E-state index contributed by atoms with van der Waals surface area (Å²) >= 11 is 0. The zero-order valence-electron chi connectivity index (χ0n) is 16.1. The van der Waals surface area contributed by atoms with Gasteiger partial charge in [0.05, 0.1) is 26.3 Å². The second-order valence-electron chi connectivity index (χ2n) is 6.41. The van der Waals surface area contributed by atoms with E-state index in [1.54, 1.807) is 0 Å². The number of aliphatic imine (C=N–C) groups is 2. The monoisotopic (exact) mass is 436 g/mol. The van der Waals surface area contributed by atoms with Gasteiger partial charge < -0.3 is 20.1 Å². The van der Waals surface area contributed by atoms with Crippen LogP contribution in [0.5, 0.6) is 11.5 Å². The Hall–Kier alpha value is -2.44. The molecule has 0 amide bonds. The van der Waals surface area contributed by atoms with Crippen molar-refractivity contribution in [2.45, 2.75) is 6.42 Å². The third kappa shape index (κ3) is 6.27. The number of nitrogens with zero attached hydrogens (tertiary/aromatic N) is 2. The van der Waals surface area contributed by atoms with Crippen molar-refractivity contribution in [2.75, 3.05) is 39.4 Å². The topological polar surface area (TPSA) is 67.2 Å². The Bertz CT molecular complexity index is 754. The van der Waals surface area contributed by atoms with E-state index < -0.39 is 0 Å². The van der Waals surface area contributed by atoms with Crippen LogP contribution in [0.2, 0.25) is 0 Å². The molecule has 2 aliphatic rings. The van der Waals surface area contributed by atoms with E-state index in [0.29, 0.717) is 13.2 Å². The van der Waals surface area contributed by atoms with Crippen molar-refractivity contribution >= 4 is 36.5 Å². The molecule has 0 spiro atoms. The van der Waals surface area contributed by atoms with Crippen LogP contribution in [0, 0.1) is 0 Å². The van der Waals surface area contributed by atoms with Crippen molar-refractivity contribution in [2.24, 2.45) is 9.98 Å². The molecule has 0 bridgehead atoms. The van der Waals surface area contributed by atoms with Gasteiger partial charge in [-0.3, -0.25) is 9.98 Å². The summed E-state index contributed by atoms with van der Waals surface area (Å²) in [5.74, 6) is 3.67. The van der Waals surface area contributed by atoms with Gasteiger partial charge in [-0.25, -0.2) is 0 Å². The first-order valence-electron chi connectivity index (χ1n) is 9.42. The molecule has 156 valence electrons. The number of amidine groups is 2. The third-order valence-electron chi connectivity index (χ3n) is 4.43. The van der Waals surface area contributed by atoms with E-state index in [9.17, 15) is 0 Å². The predicted molar refractivity (Wildman–Crippen MR) is 122 cm³/mol. The van der Waals surface area contributed by atoms with Crippen molar-refractivity contribution in [1.82, 2.24) is 10.6 Å². The SMILES string of the molecule is Cl.Cl.c1cc(C2=NCCN2)ccc1OCCCOc1ccc(C2=NCCN2)cc1. The van der Waals surface area contributed by atoms with E-state index in [2.05, 4.69) is 20.6 Å². The Labute approximate surface area is 183 Å². The lowest BCUT2D eigenvalue weighted by Crippen LogP contribution is -2.19. The first-order chi connectivity index (χ1) is 13.4. The van der Waals surface area contributed by atoms with Gasteiger partial charge in [0.25, 0.3) is 0 Å². The number of halogens is 2. The van der Waals surface area contributed by atoms with Crippen LogP contribution < -0.4 is 20.1 Å². The van der Waals surface area contributed by atoms with Crippen molar-refractivity contribution < 1.29 is 9.47 Å². The average Bonchev–Trinajstić information content (AvgIpc) is 3.43. The highest BCUT2D eigenvalue weighted by Gasteiger charge is 2.08. The number of nitrogens with one attached hydrogen (secondary N) is 2. The van der Waals surface area contributed by atoms with Crippen molar-refractivity contribution in [3.8, 4) is 11.5 Å². The van der Waals surface area contributed by atoms with Crippen LogP contribution >= 0.6 is 24.8 Å². The van der Waals surface area contributed by atoms with Gasteiger partial charge in [-0.15, -0.1) is 24.8 Å². The summed E-state index contributed by atoms with van der Waals surface area (Å²) < 4.78 is 11.6. The maximum atomic E-state index is 5.78. The van der Waals surface area contributed by atoms with E-state index in [0.717, 1.165) is 66.9 Å². The number of rotatable bonds is 8. The molecule has 8 heteroatoms. The Morgan fingerprint density at radius 2 is 1.07 bits per heavy atom. The average molecular weight is 437 g/mol. The van der Waals surface area contributed by atoms with Crippen molar-refractivity contribution in [3.05, 3.63) is 59.7 Å². The van der Waals surface area contributed by atoms with Gasteiger partial charge in [0.1, 0.15) is 23.2 Å². The fraction of sp³-hybridized carbons (Fsp3) is 0.333. The Morgan fingerprint density at radius 1 is 0.655 bits per heavy atom. The van der Waals surface area contributed by atoms with E-state index in [4.69, 9.17) is 9.47 Å². The fourth-order valence-corrected chi connectivity index (χ4v) is 3.04. The molecule has 2 aromatic carbocycles. The summed E-state index contributed by atoms with van der Waals surface area (Å²) in [5.41, 5.74) is 2.20. The van der Waals surface area contributed by atoms with Gasteiger partial charge >= 0.3 is 0 Å². The highest BCUT2D eigenvalue weighted by atomic mass is 35.5. The van der Waals surface area contributed by atoms with Crippen molar-refractivity contribution in [1.29, 1.82) is 0 Å². The molecule has 0 unspecified atom stereocenters. The van der Waals surface area contributed by atoms with Gasteiger partial charge in [0.15, 0.2) is 0 Å². The predicted octanol–water partition coefficient (Wildman–Crippen LogP) is 3.08. The summed E-state index contributed by atoms with van der Waals surface area (Å²) in [6.45, 7) is 4.78. The van der Waals surface area contributed by atoms with E-state index >= 15 is 0 Å². The molecule has 2 aromatic rings. The number of hydrogen-bond donors (Lipinski definition) is 2. The summed E-state index contributed by atoms with van der Waals surface area (Å²) in [4.78, 5) is 8.83. The normalized spacial score (nSPS) is 14.5. The van der Waals surface area contributed by atoms with E-state index in [1.165, 1.54) is 0 Å². The molecule has 2 heterocycles. The minimum Gasteiger partial charge on any atom is -0.493 e. The summed E-state index contributed by atoms with van der Waals surface area (Å²) in [7, 11) is 0. The van der Waals surface area contributed by atoms with Crippen LogP contribution in [0.4, 0.5) is 0 Å². The quantitative estimate of drug-likeness (QED) is 0.623. The fourth-order valence-electron chi connectivity index (χ4n) is 3.04. The second kappa shape index (κ2) is 11.5. The second-order valence-corrected chi connectivity index (χ2v) is 6.41. The molecule has 2 N–H and O–H groups in total.